The van der Waals surface area contributed by atoms with E-state index in [1.165, 1.54) is 54.6 Å². The molecule has 10 aromatic rings. The Morgan fingerprint density at radius 3 is 0.781 bits per heavy atom. The van der Waals surface area contributed by atoms with Crippen molar-refractivity contribution in [3.63, 3.8) is 0 Å². The van der Waals surface area contributed by atoms with Crippen LogP contribution >= 0.6 is 0 Å². The van der Waals surface area contributed by atoms with E-state index in [2.05, 4.69) is 254 Å². The summed E-state index contributed by atoms with van der Waals surface area (Å²) in [6.45, 7) is 9.94. The molecule has 0 saturated carbocycles. The lowest BCUT2D eigenvalue weighted by Crippen LogP contribution is -2.33. The second-order valence-electron chi connectivity index (χ2n) is 17.1. The third-order valence-electron chi connectivity index (χ3n) is 12.8. The molecule has 0 atom stereocenters. The van der Waals surface area contributed by atoms with E-state index in [1.807, 2.05) is 0 Å². The SMILES string of the molecule is Cc1ccc(N2C#CN(c3ccc(C)cc3)c3c(c4ccccc4c4ccccc34)N(c3ccc(C)cc3)CCN(c3ccc(C)cc3)c3c2c2ccccc2c2ccccc32)cc1. The van der Waals surface area contributed by atoms with Gasteiger partial charge in [0.15, 0.2) is 0 Å². The normalized spacial score (nSPS) is 13.1. The zero-order valence-electron chi connectivity index (χ0n) is 36.7. The van der Waals surface area contributed by atoms with E-state index in [1.54, 1.807) is 0 Å². The van der Waals surface area contributed by atoms with E-state index in [-0.39, 0.29) is 0 Å². The molecule has 0 fully saturated rings. The Kier molecular flexibility index (Phi) is 9.75. The number of hydrogen-bond donors (Lipinski definition) is 0. The van der Waals surface area contributed by atoms with Crippen molar-refractivity contribution in [2.24, 2.45) is 0 Å². The van der Waals surface area contributed by atoms with Crippen molar-refractivity contribution in [2.75, 3.05) is 32.7 Å². The van der Waals surface area contributed by atoms with Crippen LogP contribution in [-0.2, 0) is 0 Å². The van der Waals surface area contributed by atoms with Gasteiger partial charge in [0.25, 0.3) is 0 Å². The van der Waals surface area contributed by atoms with Crippen LogP contribution in [0.2, 0.25) is 0 Å². The molecule has 0 radical (unpaired) electrons. The van der Waals surface area contributed by atoms with Gasteiger partial charge in [-0.15, -0.1) is 0 Å². The summed E-state index contributed by atoms with van der Waals surface area (Å²) in [6.07, 6.45) is 0. The van der Waals surface area contributed by atoms with Crippen molar-refractivity contribution in [2.45, 2.75) is 27.7 Å². The first-order valence-electron chi connectivity index (χ1n) is 22.2. The molecule has 0 saturated heterocycles. The molecule has 308 valence electrons. The molecule has 4 heteroatoms. The van der Waals surface area contributed by atoms with Gasteiger partial charge in [-0.25, -0.2) is 0 Å². The van der Waals surface area contributed by atoms with Crippen molar-refractivity contribution in [1.82, 2.24) is 0 Å². The molecule has 1 heterocycles. The fourth-order valence-electron chi connectivity index (χ4n) is 9.58. The van der Waals surface area contributed by atoms with Crippen LogP contribution in [-0.4, -0.2) is 13.1 Å². The van der Waals surface area contributed by atoms with Gasteiger partial charge in [0, 0.05) is 58.1 Å². The number of rotatable bonds is 4. The van der Waals surface area contributed by atoms with Gasteiger partial charge in [-0.3, -0.25) is 9.80 Å². The van der Waals surface area contributed by atoms with Crippen molar-refractivity contribution in [1.29, 1.82) is 0 Å². The Hall–Kier alpha value is -8.00. The van der Waals surface area contributed by atoms with Gasteiger partial charge in [0.05, 0.1) is 34.1 Å². The lowest BCUT2D eigenvalue weighted by molar-refractivity contribution is 0.889. The van der Waals surface area contributed by atoms with E-state index in [0.717, 1.165) is 56.3 Å². The van der Waals surface area contributed by atoms with E-state index in [0.29, 0.717) is 13.1 Å². The Labute approximate surface area is 375 Å². The maximum atomic E-state index is 3.91. The van der Waals surface area contributed by atoms with Crippen molar-refractivity contribution in [3.8, 4) is 12.1 Å². The minimum atomic E-state index is 0.659. The smallest absolute Gasteiger partial charge is 0.0868 e. The first-order chi connectivity index (χ1) is 31.4. The Morgan fingerprint density at radius 2 is 0.500 bits per heavy atom. The van der Waals surface area contributed by atoms with Crippen molar-refractivity contribution >= 4 is 88.6 Å². The van der Waals surface area contributed by atoms with Crippen LogP contribution in [0, 0.1) is 39.8 Å². The third-order valence-corrected chi connectivity index (χ3v) is 12.8. The highest BCUT2D eigenvalue weighted by atomic mass is 15.3. The molecule has 10 aromatic carbocycles. The van der Waals surface area contributed by atoms with Crippen molar-refractivity contribution < 1.29 is 0 Å². The molecule has 1 aliphatic rings. The number of hydrogen-bond acceptors (Lipinski definition) is 4. The maximum absolute atomic E-state index is 3.91. The summed E-state index contributed by atoms with van der Waals surface area (Å²) in [7, 11) is 0. The monoisotopic (exact) mass is 824 g/mol. The molecule has 0 bridgehead atoms. The first-order valence-corrected chi connectivity index (χ1v) is 22.2. The van der Waals surface area contributed by atoms with Gasteiger partial charge in [-0.1, -0.05) is 168 Å². The molecule has 11 rings (SSSR count). The summed E-state index contributed by atoms with van der Waals surface area (Å²) in [5, 5.41) is 9.39. The molecule has 0 unspecified atom stereocenters. The third kappa shape index (κ3) is 6.74. The van der Waals surface area contributed by atoms with Gasteiger partial charge >= 0.3 is 0 Å². The summed E-state index contributed by atoms with van der Waals surface area (Å²) < 4.78 is 0. The number of fused-ring (bicyclic) bond motifs is 12. The van der Waals surface area contributed by atoms with E-state index in [4.69, 9.17) is 0 Å². The Bertz CT molecular complexity index is 3200. The van der Waals surface area contributed by atoms with Crippen LogP contribution in [0.15, 0.2) is 194 Å². The molecule has 4 nitrogen and oxygen atoms in total. The highest BCUT2D eigenvalue weighted by molar-refractivity contribution is 6.24. The fourth-order valence-corrected chi connectivity index (χ4v) is 9.58. The second kappa shape index (κ2) is 16.0. The van der Waals surface area contributed by atoms with Crippen LogP contribution in [0.4, 0.5) is 45.5 Å². The summed E-state index contributed by atoms with van der Waals surface area (Å²) in [5.74, 6) is 0. The number of benzene rings is 10. The topological polar surface area (TPSA) is 13.0 Å². The molecule has 64 heavy (non-hydrogen) atoms. The number of aryl methyl sites for hydroxylation is 4. The Morgan fingerprint density at radius 1 is 0.266 bits per heavy atom. The molecular formula is C60H48N4. The summed E-state index contributed by atoms with van der Waals surface area (Å²) in [6, 6.07) is 79.0. The highest BCUT2D eigenvalue weighted by Gasteiger charge is 2.30. The first kappa shape index (κ1) is 38.9. The average molecular weight is 825 g/mol. The van der Waals surface area contributed by atoms with Gasteiger partial charge in [0.2, 0.25) is 0 Å². The molecule has 0 aromatic heterocycles. The van der Waals surface area contributed by atoms with Crippen LogP contribution in [0.25, 0.3) is 43.1 Å². The zero-order chi connectivity index (χ0) is 43.3. The maximum Gasteiger partial charge on any atom is 0.0868 e. The molecule has 0 N–H and O–H groups in total. The lowest BCUT2D eigenvalue weighted by atomic mass is 9.95. The molecule has 0 aliphatic carbocycles. The largest absolute Gasteiger partial charge is 0.337 e. The number of anilines is 8. The fraction of sp³-hybridized carbons (Fsp3) is 0.100. The average Bonchev–Trinajstić information content (AvgIpc) is 3.33. The predicted molar refractivity (Wildman–Crippen MR) is 274 cm³/mol. The van der Waals surface area contributed by atoms with E-state index >= 15 is 0 Å². The lowest BCUT2D eigenvalue weighted by Gasteiger charge is -2.37. The summed E-state index contributed by atoms with van der Waals surface area (Å²) in [5.41, 5.74) is 13.4. The molecular weight excluding hydrogens is 777 g/mol. The van der Waals surface area contributed by atoms with E-state index < -0.39 is 0 Å². The standard InChI is InChI=1S/C60H48N4/c1-41-21-29-45(30-22-41)61-37-38-62(46-31-23-42(2)24-32-46)59-55-19-11-7-15-51(55)52-16-8-12-20-56(52)60(59)64(48-35-27-44(4)28-36-48)40-39-63(47-33-25-43(3)26-34-47)58-54-18-10-6-14-50(54)49-13-5-9-17-53(49)57(58)61/h5-36H,37-38H2,1-4H3. The number of nitrogens with zero attached hydrogens (tertiary/aromatic N) is 4. The predicted octanol–water partition coefficient (Wildman–Crippen LogP) is 15.7. The van der Waals surface area contributed by atoms with Crippen LogP contribution in [0.5, 0.6) is 0 Å². The van der Waals surface area contributed by atoms with Gasteiger partial charge < -0.3 is 9.80 Å². The van der Waals surface area contributed by atoms with Crippen LogP contribution in [0.3, 0.4) is 0 Å². The van der Waals surface area contributed by atoms with Crippen molar-refractivity contribution in [3.05, 3.63) is 216 Å². The minimum Gasteiger partial charge on any atom is -0.337 e. The summed E-state index contributed by atoms with van der Waals surface area (Å²) in [4.78, 5) is 9.62. The zero-order valence-corrected chi connectivity index (χ0v) is 36.7. The second-order valence-corrected chi connectivity index (χ2v) is 17.1. The van der Waals surface area contributed by atoms with Gasteiger partial charge in [0.1, 0.15) is 0 Å². The molecule has 1 aliphatic heterocycles. The van der Waals surface area contributed by atoms with Gasteiger partial charge in [-0.2, -0.15) is 0 Å². The minimum absolute atomic E-state index is 0.659. The van der Waals surface area contributed by atoms with Gasteiger partial charge in [-0.05, 0) is 97.8 Å². The summed E-state index contributed by atoms with van der Waals surface area (Å²) >= 11 is 0. The highest BCUT2D eigenvalue weighted by Crippen LogP contribution is 2.51. The Balaban J connectivity index is 1.34. The molecule has 0 amide bonds. The molecule has 0 spiro atoms. The van der Waals surface area contributed by atoms with Crippen LogP contribution in [0.1, 0.15) is 22.3 Å². The quantitative estimate of drug-likeness (QED) is 0.129. The van der Waals surface area contributed by atoms with Crippen LogP contribution < -0.4 is 19.6 Å². The van der Waals surface area contributed by atoms with E-state index in [9.17, 15) is 0 Å².